The highest BCUT2D eigenvalue weighted by atomic mass is 16.5. The number of nitrogens with zero attached hydrogens (tertiary/aromatic N) is 5. The number of benzene rings is 1. The standard InChI is InChI=1S/C22H25N5O2/c1-26-13-10-20(19-9-11-23-15-24-19)25-22(26)27-12-3-4-17(14-27)21(28)16-5-7-18(29-2)8-6-16/h5-11,15,17H,3-4,12-14H2,1-2H3. The second-order valence-electron chi connectivity index (χ2n) is 7.35. The minimum atomic E-state index is -0.0401. The number of likely N-dealkylation sites (tertiary alicyclic amines) is 1. The van der Waals surface area contributed by atoms with Gasteiger partial charge in [0, 0.05) is 44.4 Å². The van der Waals surface area contributed by atoms with Gasteiger partial charge in [-0.05, 0) is 49.2 Å². The van der Waals surface area contributed by atoms with Crippen LogP contribution < -0.4 is 4.74 Å². The number of aromatic nitrogens is 2. The molecular formula is C22H25N5O2. The number of ketones is 1. The number of guanidine groups is 1. The van der Waals surface area contributed by atoms with Crippen molar-refractivity contribution in [2.24, 2.45) is 10.9 Å². The average Bonchev–Trinajstić information content (AvgIpc) is 2.79. The molecule has 150 valence electrons. The lowest BCUT2D eigenvalue weighted by atomic mass is 9.90. The quantitative estimate of drug-likeness (QED) is 0.747. The monoisotopic (exact) mass is 391 g/mol. The number of rotatable bonds is 4. The molecule has 1 aromatic carbocycles. The lowest BCUT2D eigenvalue weighted by Crippen LogP contribution is -2.49. The second-order valence-corrected chi connectivity index (χ2v) is 7.35. The summed E-state index contributed by atoms with van der Waals surface area (Å²) in [5.41, 5.74) is 2.40. The van der Waals surface area contributed by atoms with E-state index in [1.54, 1.807) is 13.3 Å². The molecule has 1 saturated heterocycles. The van der Waals surface area contributed by atoms with Crippen LogP contribution in [0, 0.1) is 5.92 Å². The van der Waals surface area contributed by atoms with E-state index in [9.17, 15) is 4.79 Å². The Bertz CT molecular complexity index is 924. The van der Waals surface area contributed by atoms with Crippen LogP contribution in [-0.2, 0) is 0 Å². The van der Waals surface area contributed by atoms with E-state index in [-0.39, 0.29) is 11.7 Å². The molecule has 0 spiro atoms. The number of hydrogen-bond donors (Lipinski definition) is 0. The van der Waals surface area contributed by atoms with Crippen molar-refractivity contribution in [1.29, 1.82) is 0 Å². The maximum absolute atomic E-state index is 13.0. The van der Waals surface area contributed by atoms with Crippen molar-refractivity contribution in [2.75, 3.05) is 33.8 Å². The van der Waals surface area contributed by atoms with Crippen LogP contribution in [0.2, 0.25) is 0 Å². The number of ether oxygens (including phenoxy) is 1. The minimum Gasteiger partial charge on any atom is -0.497 e. The van der Waals surface area contributed by atoms with Crippen LogP contribution in [-0.4, -0.2) is 65.3 Å². The Labute approximate surface area is 170 Å². The summed E-state index contributed by atoms with van der Waals surface area (Å²) in [4.78, 5) is 30.5. The van der Waals surface area contributed by atoms with E-state index in [1.165, 1.54) is 6.33 Å². The van der Waals surface area contributed by atoms with Crippen LogP contribution >= 0.6 is 0 Å². The zero-order chi connectivity index (χ0) is 20.2. The summed E-state index contributed by atoms with van der Waals surface area (Å²) in [7, 11) is 3.66. The highest BCUT2D eigenvalue weighted by Gasteiger charge is 2.30. The van der Waals surface area contributed by atoms with Gasteiger partial charge in [0.2, 0.25) is 5.96 Å². The van der Waals surface area contributed by atoms with Gasteiger partial charge in [0.1, 0.15) is 12.1 Å². The lowest BCUT2D eigenvalue weighted by molar-refractivity contribution is 0.0861. The van der Waals surface area contributed by atoms with Gasteiger partial charge in [-0.3, -0.25) is 4.79 Å². The smallest absolute Gasteiger partial charge is 0.201 e. The molecule has 3 heterocycles. The Balaban J connectivity index is 1.51. The topological polar surface area (TPSA) is 70.9 Å². The Hall–Kier alpha value is -3.22. The fraction of sp³-hybridized carbons (Fsp3) is 0.364. The number of aliphatic imine (C=N–C) groups is 1. The molecule has 7 nitrogen and oxygen atoms in total. The van der Waals surface area contributed by atoms with Gasteiger partial charge in [-0.2, -0.15) is 0 Å². The maximum atomic E-state index is 13.0. The van der Waals surface area contributed by atoms with Gasteiger partial charge in [-0.1, -0.05) is 0 Å². The summed E-state index contributed by atoms with van der Waals surface area (Å²) in [5.74, 6) is 1.80. The molecule has 2 aliphatic rings. The number of piperidine rings is 1. The van der Waals surface area contributed by atoms with Gasteiger partial charge in [-0.15, -0.1) is 0 Å². The minimum absolute atomic E-state index is 0.0401. The van der Waals surface area contributed by atoms with Crippen LogP contribution in [0.15, 0.2) is 53.9 Å². The molecule has 2 aliphatic heterocycles. The normalized spacial score (nSPS) is 19.4. The van der Waals surface area contributed by atoms with E-state index in [4.69, 9.17) is 9.73 Å². The Morgan fingerprint density at radius 1 is 1.21 bits per heavy atom. The van der Waals surface area contributed by atoms with Crippen LogP contribution in [0.4, 0.5) is 0 Å². The molecule has 0 bridgehead atoms. The fourth-order valence-corrected chi connectivity index (χ4v) is 3.82. The number of methoxy groups -OCH3 is 1. The number of likely N-dealkylation sites (N-methyl/N-ethyl adjacent to an activating group) is 1. The van der Waals surface area contributed by atoms with Gasteiger partial charge < -0.3 is 14.5 Å². The highest BCUT2D eigenvalue weighted by molar-refractivity contribution is 5.98. The van der Waals surface area contributed by atoms with Gasteiger partial charge in [0.15, 0.2) is 5.78 Å². The van der Waals surface area contributed by atoms with Crippen molar-refractivity contribution >= 4 is 17.4 Å². The van der Waals surface area contributed by atoms with Gasteiger partial charge in [0.05, 0.1) is 18.5 Å². The molecule has 0 amide bonds. The molecule has 4 rings (SSSR count). The van der Waals surface area contributed by atoms with Crippen molar-refractivity contribution in [3.05, 3.63) is 60.2 Å². The number of Topliss-reactive ketones (excluding diaryl/α,β-unsaturated/α-hetero) is 1. The van der Waals surface area contributed by atoms with E-state index in [0.29, 0.717) is 6.54 Å². The first-order valence-electron chi connectivity index (χ1n) is 9.85. The summed E-state index contributed by atoms with van der Waals surface area (Å²) in [6.45, 7) is 2.32. The Morgan fingerprint density at radius 2 is 2.03 bits per heavy atom. The highest BCUT2D eigenvalue weighted by Crippen LogP contribution is 2.25. The van der Waals surface area contributed by atoms with E-state index < -0.39 is 0 Å². The molecule has 0 N–H and O–H groups in total. The number of carbonyl (C=O) groups excluding carboxylic acids is 1. The fourth-order valence-electron chi connectivity index (χ4n) is 3.82. The second kappa shape index (κ2) is 8.43. The van der Waals surface area contributed by atoms with Crippen molar-refractivity contribution in [3.63, 3.8) is 0 Å². The zero-order valence-electron chi connectivity index (χ0n) is 16.8. The van der Waals surface area contributed by atoms with Crippen LogP contribution in [0.3, 0.4) is 0 Å². The van der Waals surface area contributed by atoms with Gasteiger partial charge in [0.25, 0.3) is 0 Å². The van der Waals surface area contributed by atoms with Gasteiger partial charge in [-0.25, -0.2) is 15.0 Å². The molecule has 1 unspecified atom stereocenters. The largest absolute Gasteiger partial charge is 0.497 e. The first-order chi connectivity index (χ1) is 14.2. The third-order valence-corrected chi connectivity index (χ3v) is 5.41. The van der Waals surface area contributed by atoms with Crippen LogP contribution in [0.5, 0.6) is 5.75 Å². The Morgan fingerprint density at radius 3 is 2.76 bits per heavy atom. The van der Waals surface area contributed by atoms with E-state index in [1.807, 2.05) is 37.4 Å². The number of hydrogen-bond acceptors (Lipinski definition) is 7. The summed E-state index contributed by atoms with van der Waals surface area (Å²) in [6.07, 6.45) is 7.18. The molecule has 0 aliphatic carbocycles. The van der Waals surface area contributed by atoms with Crippen molar-refractivity contribution in [2.45, 2.75) is 12.8 Å². The van der Waals surface area contributed by atoms with E-state index in [2.05, 4.69) is 25.8 Å². The lowest BCUT2D eigenvalue weighted by Gasteiger charge is -2.38. The first kappa shape index (κ1) is 19.1. The number of carbonyl (C=O) groups is 1. The van der Waals surface area contributed by atoms with Crippen molar-refractivity contribution in [1.82, 2.24) is 19.8 Å². The summed E-state index contributed by atoms with van der Waals surface area (Å²) in [6, 6.07) is 9.24. The molecule has 1 aromatic heterocycles. The molecule has 2 aromatic rings. The van der Waals surface area contributed by atoms with Crippen LogP contribution in [0.25, 0.3) is 5.70 Å². The average molecular weight is 391 g/mol. The first-order valence-corrected chi connectivity index (χ1v) is 9.85. The molecule has 7 heteroatoms. The zero-order valence-corrected chi connectivity index (χ0v) is 16.8. The molecule has 0 radical (unpaired) electrons. The van der Waals surface area contributed by atoms with E-state index >= 15 is 0 Å². The molecule has 1 fully saturated rings. The SMILES string of the molecule is COc1ccc(C(=O)C2CCCN(C3=NC(c4ccncn4)=CCN3C)C2)cc1. The summed E-state index contributed by atoms with van der Waals surface area (Å²) in [5, 5.41) is 0. The molecule has 1 atom stereocenters. The van der Waals surface area contributed by atoms with Crippen LogP contribution in [0.1, 0.15) is 28.9 Å². The third kappa shape index (κ3) is 4.13. The van der Waals surface area contributed by atoms with Crippen molar-refractivity contribution in [3.8, 4) is 5.75 Å². The summed E-state index contributed by atoms with van der Waals surface area (Å²) >= 11 is 0. The predicted molar refractivity (Wildman–Crippen MR) is 112 cm³/mol. The van der Waals surface area contributed by atoms with Crippen molar-refractivity contribution < 1.29 is 9.53 Å². The third-order valence-electron chi connectivity index (χ3n) is 5.41. The molecule has 0 saturated carbocycles. The maximum Gasteiger partial charge on any atom is 0.201 e. The Kier molecular flexibility index (Phi) is 5.55. The summed E-state index contributed by atoms with van der Waals surface area (Å²) < 4.78 is 5.19. The van der Waals surface area contributed by atoms with E-state index in [0.717, 1.165) is 54.6 Å². The van der Waals surface area contributed by atoms with Gasteiger partial charge >= 0.3 is 0 Å². The molecular weight excluding hydrogens is 366 g/mol. The predicted octanol–water partition coefficient (Wildman–Crippen LogP) is 2.72. The molecule has 29 heavy (non-hydrogen) atoms.